The second kappa shape index (κ2) is 20.9. The van der Waals surface area contributed by atoms with Crippen LogP contribution in [-0.4, -0.2) is 42.8 Å². The highest BCUT2D eigenvalue weighted by Gasteiger charge is 2.38. The summed E-state index contributed by atoms with van der Waals surface area (Å²) in [7, 11) is -3.25. The third-order valence-corrected chi connectivity index (χ3v) is 11.4. The van der Waals surface area contributed by atoms with Crippen LogP contribution in [0.5, 0.6) is 0 Å². The molecule has 4 rings (SSSR count). The first-order chi connectivity index (χ1) is 23.0. The number of aryl methyl sites for hydroxylation is 1. The Morgan fingerprint density at radius 1 is 0.562 bits per heavy atom. The Kier molecular flexibility index (Phi) is 17.4. The molecule has 48 heavy (non-hydrogen) atoms. The molecule has 2 N–H and O–H groups in total. The average molecular weight is 691 g/mol. The molecule has 0 fully saturated rings. The molecule has 4 aromatic rings. The fourth-order valence-electron chi connectivity index (χ4n) is 5.98. The maximum absolute atomic E-state index is 10.0. The van der Waals surface area contributed by atoms with Gasteiger partial charge in [-0.1, -0.05) is 121 Å². The topological polar surface area (TPSA) is 65.4 Å². The lowest BCUT2D eigenvalue weighted by molar-refractivity contribution is 0.137. The maximum Gasteiger partial charge on any atom is 0.259 e. The predicted octanol–water partition coefficient (Wildman–Crippen LogP) is 10.3. The van der Waals surface area contributed by atoms with Crippen molar-refractivity contribution in [3.8, 4) is 0 Å². The molecule has 0 heterocycles. The van der Waals surface area contributed by atoms with Crippen molar-refractivity contribution in [2.24, 2.45) is 0 Å². The number of benzene rings is 4. The Bertz CT molecular complexity index is 1340. The minimum Gasteiger partial charge on any atom is -0.338 e. The Morgan fingerprint density at radius 2 is 0.938 bits per heavy atom. The fraction of sp³-hybridized carbons (Fsp3) is 0.400. The summed E-state index contributed by atoms with van der Waals surface area (Å²) in [6.07, 6.45) is 2.57. The zero-order chi connectivity index (χ0) is 34.9. The minimum absolute atomic E-state index is 0.0654. The molecule has 0 amide bonds. The summed E-state index contributed by atoms with van der Waals surface area (Å²) in [5, 5.41) is 0. The van der Waals surface area contributed by atoms with Crippen molar-refractivity contribution in [2.45, 2.75) is 105 Å². The number of hydrogen-bond acceptors (Lipinski definition) is 6. The van der Waals surface area contributed by atoms with Crippen LogP contribution in [0, 0.1) is 0 Å². The van der Waals surface area contributed by atoms with Gasteiger partial charge in [-0.3, -0.25) is 0 Å². The molecule has 0 saturated carbocycles. The summed E-state index contributed by atoms with van der Waals surface area (Å²) in [6, 6.07) is 42.0. The van der Waals surface area contributed by atoms with Crippen LogP contribution in [0.3, 0.4) is 0 Å². The van der Waals surface area contributed by atoms with Gasteiger partial charge in [0.2, 0.25) is 0 Å². The van der Waals surface area contributed by atoms with Crippen LogP contribution < -0.4 is 0 Å². The first-order valence-corrected chi connectivity index (χ1v) is 19.3. The molecule has 8 heteroatoms. The number of hydrogen-bond donors (Lipinski definition) is 2. The Morgan fingerprint density at radius 3 is 1.29 bits per heavy atom. The van der Waals surface area contributed by atoms with Crippen molar-refractivity contribution in [1.82, 2.24) is 9.34 Å². The minimum atomic E-state index is -2.13. The predicted molar refractivity (Wildman–Crippen MR) is 203 cm³/mol. The average Bonchev–Trinajstić information content (AvgIpc) is 3.06. The third kappa shape index (κ3) is 13.4. The van der Waals surface area contributed by atoms with Gasteiger partial charge < -0.3 is 18.8 Å². The van der Waals surface area contributed by atoms with E-state index in [0.717, 1.165) is 19.3 Å². The smallest absolute Gasteiger partial charge is 0.259 e. The number of nitrogens with zero attached hydrogens (tertiary/aromatic N) is 2. The molecule has 0 aliphatic rings. The van der Waals surface area contributed by atoms with Gasteiger partial charge in [-0.25, -0.2) is 9.34 Å². The number of rotatable bonds is 17. The van der Waals surface area contributed by atoms with Crippen LogP contribution in [0.2, 0.25) is 0 Å². The zero-order valence-corrected chi connectivity index (χ0v) is 31.6. The van der Waals surface area contributed by atoms with E-state index in [1.165, 1.54) is 22.3 Å². The molecule has 0 spiro atoms. The van der Waals surface area contributed by atoms with Gasteiger partial charge in [-0.15, -0.1) is 0 Å². The Hall–Kier alpha value is -2.50. The van der Waals surface area contributed by atoms with E-state index in [0.29, 0.717) is 25.3 Å². The molecule has 4 aromatic carbocycles. The highest BCUT2D eigenvalue weighted by molar-refractivity contribution is 7.44. The molecule has 0 bridgehead atoms. The monoisotopic (exact) mass is 690 g/mol. The second-order valence-corrected chi connectivity index (χ2v) is 15.6. The Balaban J connectivity index is 0.000000260. The van der Waals surface area contributed by atoms with Gasteiger partial charge in [-0.05, 0) is 90.0 Å². The van der Waals surface area contributed by atoms with Crippen molar-refractivity contribution in [3.63, 3.8) is 0 Å². The van der Waals surface area contributed by atoms with Gasteiger partial charge in [0.1, 0.15) is 0 Å². The lowest BCUT2D eigenvalue weighted by atomic mass is 9.86. The van der Waals surface area contributed by atoms with E-state index < -0.39 is 17.1 Å². The quantitative estimate of drug-likeness (QED) is 0.108. The highest BCUT2D eigenvalue weighted by atomic mass is 31.2. The van der Waals surface area contributed by atoms with E-state index >= 15 is 0 Å². The fourth-order valence-corrected chi connectivity index (χ4v) is 8.61. The lowest BCUT2D eigenvalue weighted by Crippen LogP contribution is -2.48. The van der Waals surface area contributed by atoms with Crippen molar-refractivity contribution >= 4 is 17.1 Å². The molecule has 0 aliphatic carbocycles. The van der Waals surface area contributed by atoms with Crippen molar-refractivity contribution in [1.29, 1.82) is 0 Å². The van der Waals surface area contributed by atoms with Gasteiger partial charge in [0.15, 0.2) is 0 Å². The molecule has 6 nitrogen and oxygen atoms in total. The van der Waals surface area contributed by atoms with Crippen LogP contribution in [0.15, 0.2) is 121 Å². The first-order valence-electron chi connectivity index (χ1n) is 17.0. The van der Waals surface area contributed by atoms with Crippen LogP contribution in [0.4, 0.5) is 0 Å². The van der Waals surface area contributed by atoms with E-state index in [2.05, 4.69) is 100.0 Å². The zero-order valence-electron chi connectivity index (χ0n) is 29.8. The van der Waals surface area contributed by atoms with E-state index in [4.69, 9.17) is 9.05 Å². The molecule has 0 radical (unpaired) electrons. The first kappa shape index (κ1) is 39.9. The van der Waals surface area contributed by atoms with E-state index in [9.17, 15) is 9.79 Å². The highest BCUT2D eigenvalue weighted by Crippen LogP contribution is 2.47. The van der Waals surface area contributed by atoms with Gasteiger partial charge in [0.05, 0.1) is 13.2 Å². The summed E-state index contributed by atoms with van der Waals surface area (Å²) >= 11 is 0. The second-order valence-electron chi connectivity index (χ2n) is 13.2. The lowest BCUT2D eigenvalue weighted by Gasteiger charge is -2.44. The molecular weight excluding hydrogens is 634 g/mol. The van der Waals surface area contributed by atoms with Crippen LogP contribution >= 0.6 is 17.1 Å². The van der Waals surface area contributed by atoms with E-state index in [1.807, 2.05) is 79.2 Å². The summed E-state index contributed by atoms with van der Waals surface area (Å²) in [5.41, 5.74) is 4.51. The SMILES string of the molecule is CC(C)N(C(C)C)P(OCc1ccccc1)OCc1ccccc1.CC(C)N(P(O)O)C(C)(CCc1ccccc1)Cc1ccccc1. The van der Waals surface area contributed by atoms with E-state index in [1.54, 1.807) is 0 Å². The molecule has 1 unspecified atom stereocenters. The van der Waals surface area contributed by atoms with Crippen LogP contribution in [0.1, 0.15) is 77.1 Å². The van der Waals surface area contributed by atoms with Gasteiger partial charge in [0, 0.05) is 23.7 Å². The molecular formula is C40H56N2O4P2. The third-order valence-electron chi connectivity index (χ3n) is 8.07. The summed E-state index contributed by atoms with van der Waals surface area (Å²) in [5.74, 6) is 0. The van der Waals surface area contributed by atoms with Crippen molar-refractivity contribution in [2.75, 3.05) is 0 Å². The normalized spacial score (nSPS) is 13.1. The summed E-state index contributed by atoms with van der Waals surface area (Å²) in [4.78, 5) is 20.1. The van der Waals surface area contributed by atoms with Gasteiger partial charge in [0.25, 0.3) is 17.1 Å². The van der Waals surface area contributed by atoms with Gasteiger partial charge >= 0.3 is 0 Å². The summed E-state index contributed by atoms with van der Waals surface area (Å²) in [6.45, 7) is 16.1. The van der Waals surface area contributed by atoms with Crippen LogP contribution in [-0.2, 0) is 35.1 Å². The van der Waals surface area contributed by atoms with Crippen LogP contribution in [0.25, 0.3) is 0 Å². The van der Waals surface area contributed by atoms with Crippen molar-refractivity contribution in [3.05, 3.63) is 144 Å². The maximum atomic E-state index is 10.0. The molecule has 0 saturated heterocycles. The Labute approximate surface area is 292 Å². The molecule has 1 atom stereocenters. The standard InChI is InChI=1S/2C20H28NO2P/c1-17(2)21(18(3)4)24(22-15-19-11-7-5-8-12-19)23-16-20-13-9-6-10-14-20;1-17(2)21(24(22)23)20(3,16-19-12-8-5-9-13-19)15-14-18-10-6-4-7-11-18/h5-14,17-18H,15-16H2,1-4H3;4-13,17,22-23H,14-16H2,1-3H3. The molecule has 0 aliphatic heterocycles. The molecule has 260 valence electrons. The van der Waals surface area contributed by atoms with Crippen molar-refractivity contribution < 1.29 is 18.8 Å². The summed E-state index contributed by atoms with van der Waals surface area (Å²) < 4.78 is 16.6. The largest absolute Gasteiger partial charge is 0.338 e. The van der Waals surface area contributed by atoms with Gasteiger partial charge in [-0.2, -0.15) is 0 Å². The van der Waals surface area contributed by atoms with E-state index in [-0.39, 0.29) is 11.6 Å². The molecule has 0 aromatic heterocycles.